The van der Waals surface area contributed by atoms with Crippen molar-refractivity contribution in [3.05, 3.63) is 28.2 Å². The molecular weight excluding hydrogens is 288 g/mol. The van der Waals surface area contributed by atoms with E-state index >= 15 is 0 Å². The van der Waals surface area contributed by atoms with Gasteiger partial charge in [-0.2, -0.15) is 0 Å². The number of carboxylic acid groups (broad SMARTS) is 1. The quantitative estimate of drug-likeness (QED) is 0.932. The van der Waals surface area contributed by atoms with E-state index in [-0.39, 0.29) is 0 Å². The summed E-state index contributed by atoms with van der Waals surface area (Å²) in [4.78, 5) is 11.1. The lowest BCUT2D eigenvalue weighted by atomic mass is 9.95. The maximum atomic E-state index is 11.1. The Labute approximate surface area is 108 Å². The lowest BCUT2D eigenvalue weighted by Gasteiger charge is -2.18. The minimum atomic E-state index is -0.825. The smallest absolute Gasteiger partial charge is 0.309 e. The van der Waals surface area contributed by atoms with Crippen LogP contribution in [0.3, 0.4) is 0 Å². The van der Waals surface area contributed by atoms with Crippen LogP contribution in [0.2, 0.25) is 0 Å². The van der Waals surface area contributed by atoms with E-state index in [1.54, 1.807) is 13.2 Å². The molecule has 2 atom stereocenters. The third kappa shape index (κ3) is 2.45. The van der Waals surface area contributed by atoms with Crippen LogP contribution in [0.15, 0.2) is 22.7 Å². The number of aliphatic carboxylic acids is 1. The summed E-state index contributed by atoms with van der Waals surface area (Å²) in [7, 11) is 1.57. The van der Waals surface area contributed by atoms with E-state index in [1.165, 1.54) is 0 Å². The monoisotopic (exact) mass is 300 g/mol. The second kappa shape index (κ2) is 5.06. The van der Waals surface area contributed by atoms with E-state index in [4.69, 9.17) is 14.6 Å². The average Bonchev–Trinajstić information content (AvgIpc) is 2.77. The number of rotatable bonds is 3. The van der Waals surface area contributed by atoms with E-state index in [0.29, 0.717) is 18.8 Å². The predicted molar refractivity (Wildman–Crippen MR) is 65.1 cm³/mol. The summed E-state index contributed by atoms with van der Waals surface area (Å²) in [6.45, 7) is 0.470. The first-order chi connectivity index (χ1) is 8.13. The van der Waals surface area contributed by atoms with Crippen LogP contribution in [0.5, 0.6) is 5.75 Å². The average molecular weight is 301 g/mol. The fourth-order valence-electron chi connectivity index (χ4n) is 2.08. The van der Waals surface area contributed by atoms with E-state index in [2.05, 4.69) is 15.9 Å². The predicted octanol–water partition coefficient (Wildman–Crippen LogP) is 2.62. The molecule has 0 spiro atoms. The molecule has 0 saturated carbocycles. The highest BCUT2D eigenvalue weighted by molar-refractivity contribution is 9.10. The Bertz CT molecular complexity index is 433. The van der Waals surface area contributed by atoms with Crippen molar-refractivity contribution in [1.29, 1.82) is 0 Å². The first-order valence-electron chi connectivity index (χ1n) is 5.31. The summed E-state index contributed by atoms with van der Waals surface area (Å²) < 4.78 is 11.7. The first-order valence-corrected chi connectivity index (χ1v) is 6.10. The van der Waals surface area contributed by atoms with E-state index in [9.17, 15) is 4.79 Å². The van der Waals surface area contributed by atoms with Crippen molar-refractivity contribution >= 4 is 21.9 Å². The number of carboxylic acids is 1. The van der Waals surface area contributed by atoms with Gasteiger partial charge in [-0.15, -0.1) is 0 Å². The maximum Gasteiger partial charge on any atom is 0.309 e. The van der Waals surface area contributed by atoms with Gasteiger partial charge in [-0.05, 0) is 24.6 Å². The van der Waals surface area contributed by atoms with Crippen molar-refractivity contribution in [3.63, 3.8) is 0 Å². The summed E-state index contributed by atoms with van der Waals surface area (Å²) in [6, 6.07) is 5.51. The number of hydrogen-bond acceptors (Lipinski definition) is 3. The highest BCUT2D eigenvalue weighted by Crippen LogP contribution is 2.40. The standard InChI is InChI=1S/C12H13BrO4/c1-16-10-3-2-7(13)6-9(10)11-8(12(14)15)4-5-17-11/h2-3,6,8,11H,4-5H2,1H3,(H,14,15). The number of halogens is 1. The topological polar surface area (TPSA) is 55.8 Å². The van der Waals surface area contributed by atoms with Crippen molar-refractivity contribution in [2.24, 2.45) is 5.92 Å². The summed E-state index contributed by atoms with van der Waals surface area (Å²) in [5.74, 6) is -0.668. The molecule has 5 heteroatoms. The SMILES string of the molecule is COc1ccc(Br)cc1C1OCCC1C(=O)O. The summed E-state index contributed by atoms with van der Waals surface area (Å²) in [5, 5.41) is 9.15. The van der Waals surface area contributed by atoms with Crippen LogP contribution in [-0.2, 0) is 9.53 Å². The molecule has 1 N–H and O–H groups in total. The van der Waals surface area contributed by atoms with Crippen LogP contribution < -0.4 is 4.74 Å². The molecular formula is C12H13BrO4. The van der Waals surface area contributed by atoms with E-state index in [0.717, 1.165) is 10.0 Å². The molecule has 0 radical (unpaired) electrons. The Morgan fingerprint density at radius 2 is 2.35 bits per heavy atom. The molecule has 1 fully saturated rings. The van der Waals surface area contributed by atoms with Crippen molar-refractivity contribution in [1.82, 2.24) is 0 Å². The fraction of sp³-hybridized carbons (Fsp3) is 0.417. The largest absolute Gasteiger partial charge is 0.496 e. The van der Waals surface area contributed by atoms with Gasteiger partial charge in [0, 0.05) is 16.6 Å². The Kier molecular flexibility index (Phi) is 3.69. The van der Waals surface area contributed by atoms with Crippen LogP contribution in [0.25, 0.3) is 0 Å². The molecule has 1 aromatic carbocycles. The molecule has 1 aliphatic heterocycles. The molecule has 1 saturated heterocycles. The molecule has 0 aromatic heterocycles. The Morgan fingerprint density at radius 1 is 1.59 bits per heavy atom. The molecule has 1 aliphatic rings. The number of benzene rings is 1. The van der Waals surface area contributed by atoms with Gasteiger partial charge in [-0.3, -0.25) is 4.79 Å². The number of methoxy groups -OCH3 is 1. The summed E-state index contributed by atoms with van der Waals surface area (Å²) in [6.07, 6.45) is 0.107. The van der Waals surface area contributed by atoms with E-state index < -0.39 is 18.0 Å². The van der Waals surface area contributed by atoms with Gasteiger partial charge in [0.2, 0.25) is 0 Å². The third-order valence-corrected chi connectivity index (χ3v) is 3.40. The van der Waals surface area contributed by atoms with Gasteiger partial charge in [0.25, 0.3) is 0 Å². The second-order valence-corrected chi connectivity index (χ2v) is 4.83. The van der Waals surface area contributed by atoms with Gasteiger partial charge in [-0.1, -0.05) is 15.9 Å². The van der Waals surface area contributed by atoms with Gasteiger partial charge in [0.15, 0.2) is 0 Å². The molecule has 92 valence electrons. The highest BCUT2D eigenvalue weighted by atomic mass is 79.9. The van der Waals surface area contributed by atoms with Crippen molar-refractivity contribution in [3.8, 4) is 5.75 Å². The lowest BCUT2D eigenvalue weighted by molar-refractivity contribution is -0.143. The second-order valence-electron chi connectivity index (χ2n) is 3.91. The summed E-state index contributed by atoms with van der Waals surface area (Å²) >= 11 is 3.37. The van der Waals surface area contributed by atoms with Gasteiger partial charge >= 0.3 is 5.97 Å². The van der Waals surface area contributed by atoms with Crippen LogP contribution in [0.4, 0.5) is 0 Å². The maximum absolute atomic E-state index is 11.1. The molecule has 2 rings (SSSR count). The number of ether oxygens (including phenoxy) is 2. The van der Waals surface area contributed by atoms with Crippen LogP contribution >= 0.6 is 15.9 Å². The van der Waals surface area contributed by atoms with Crippen molar-refractivity contribution < 1.29 is 19.4 Å². The van der Waals surface area contributed by atoms with Crippen LogP contribution in [0.1, 0.15) is 18.1 Å². The third-order valence-electron chi connectivity index (χ3n) is 2.91. The molecule has 1 aromatic rings. The van der Waals surface area contributed by atoms with E-state index in [1.807, 2.05) is 12.1 Å². The first kappa shape index (κ1) is 12.4. The zero-order chi connectivity index (χ0) is 12.4. The van der Waals surface area contributed by atoms with Crippen LogP contribution in [-0.4, -0.2) is 24.8 Å². The minimum absolute atomic E-state index is 0.431. The Morgan fingerprint density at radius 3 is 3.00 bits per heavy atom. The van der Waals surface area contributed by atoms with Crippen molar-refractivity contribution in [2.75, 3.05) is 13.7 Å². The van der Waals surface area contributed by atoms with Gasteiger partial charge in [0.1, 0.15) is 5.75 Å². The Hall–Kier alpha value is -1.07. The molecule has 1 heterocycles. The van der Waals surface area contributed by atoms with Gasteiger partial charge < -0.3 is 14.6 Å². The normalized spacial score (nSPS) is 23.6. The molecule has 0 bridgehead atoms. The van der Waals surface area contributed by atoms with Crippen molar-refractivity contribution in [2.45, 2.75) is 12.5 Å². The van der Waals surface area contributed by atoms with Gasteiger partial charge in [0.05, 0.1) is 19.1 Å². The fourth-order valence-corrected chi connectivity index (χ4v) is 2.46. The highest BCUT2D eigenvalue weighted by Gasteiger charge is 2.36. The minimum Gasteiger partial charge on any atom is -0.496 e. The zero-order valence-corrected chi connectivity index (χ0v) is 10.9. The molecule has 2 unspecified atom stereocenters. The number of carbonyl (C=O) groups is 1. The molecule has 0 amide bonds. The van der Waals surface area contributed by atoms with Crippen LogP contribution in [0, 0.1) is 5.92 Å². The lowest BCUT2D eigenvalue weighted by Crippen LogP contribution is -2.18. The molecule has 0 aliphatic carbocycles. The zero-order valence-electron chi connectivity index (χ0n) is 9.35. The summed E-state index contributed by atoms with van der Waals surface area (Å²) in [5.41, 5.74) is 0.784. The number of hydrogen-bond donors (Lipinski definition) is 1. The van der Waals surface area contributed by atoms with Gasteiger partial charge in [-0.25, -0.2) is 0 Å². The molecule has 17 heavy (non-hydrogen) atoms. The Balaban J connectivity index is 2.38. The molecule has 4 nitrogen and oxygen atoms in total.